The minimum atomic E-state index is -0.419. The normalized spacial score (nSPS) is 21.3. The summed E-state index contributed by atoms with van der Waals surface area (Å²) in [4.78, 5) is 11.0. The Morgan fingerprint density at radius 1 is 1.39 bits per heavy atom. The van der Waals surface area contributed by atoms with Crippen LogP contribution in [0.25, 0.3) is 0 Å². The Bertz CT molecular complexity index is 523. The maximum absolute atomic E-state index is 11.4. The molecule has 1 aromatic heterocycles. The van der Waals surface area contributed by atoms with E-state index in [0.29, 0.717) is 18.5 Å². The molecule has 0 saturated heterocycles. The monoisotopic (exact) mass is 327 g/mol. The van der Waals surface area contributed by atoms with Crippen LogP contribution < -0.4 is 4.74 Å². The predicted molar refractivity (Wildman–Crippen MR) is 83.8 cm³/mol. The number of hydrogen-bond acceptors (Lipinski definition) is 6. The molecule has 23 heavy (non-hydrogen) atoms. The summed E-state index contributed by atoms with van der Waals surface area (Å²) in [5.74, 6) is 0.0640. The van der Waals surface area contributed by atoms with Gasteiger partial charge in [-0.1, -0.05) is 6.92 Å². The first-order chi connectivity index (χ1) is 11.1. The summed E-state index contributed by atoms with van der Waals surface area (Å²) in [5, 5.41) is 24.6. The first-order valence-electron chi connectivity index (χ1n) is 8.14. The Hall–Kier alpha value is -1.67. The largest absolute Gasteiger partial charge is 0.472 e. The number of ether oxygens (including phenoxy) is 2. The Morgan fingerprint density at radius 3 is 2.61 bits per heavy atom. The van der Waals surface area contributed by atoms with Crippen LogP contribution in [0.3, 0.4) is 0 Å². The van der Waals surface area contributed by atoms with Crippen molar-refractivity contribution >= 4 is 5.69 Å². The van der Waals surface area contributed by atoms with E-state index in [4.69, 9.17) is 14.6 Å². The van der Waals surface area contributed by atoms with Gasteiger partial charge in [0, 0.05) is 20.1 Å². The number of rotatable bonds is 8. The van der Waals surface area contributed by atoms with Crippen molar-refractivity contribution in [1.82, 2.24) is 9.78 Å². The van der Waals surface area contributed by atoms with E-state index in [1.165, 1.54) is 0 Å². The second-order valence-corrected chi connectivity index (χ2v) is 5.75. The van der Waals surface area contributed by atoms with Gasteiger partial charge in [-0.25, -0.2) is 0 Å². The van der Waals surface area contributed by atoms with E-state index in [2.05, 4.69) is 5.10 Å². The van der Waals surface area contributed by atoms with E-state index < -0.39 is 4.92 Å². The Morgan fingerprint density at radius 2 is 2.09 bits per heavy atom. The van der Waals surface area contributed by atoms with Crippen LogP contribution >= 0.6 is 0 Å². The van der Waals surface area contributed by atoms with Crippen LogP contribution in [0.1, 0.15) is 50.8 Å². The van der Waals surface area contributed by atoms with Crippen LogP contribution in [0.2, 0.25) is 0 Å². The van der Waals surface area contributed by atoms with Crippen molar-refractivity contribution in [2.24, 2.45) is 0 Å². The highest BCUT2D eigenvalue weighted by Crippen LogP contribution is 2.37. The molecule has 1 heterocycles. The second-order valence-electron chi connectivity index (χ2n) is 5.75. The molecule has 8 heteroatoms. The zero-order valence-corrected chi connectivity index (χ0v) is 13.7. The standard InChI is InChI=1S/C15H25N3O5/c1-3-13-14(18(20)21)15(23-10-4-9-19)16-17(13)11-5-7-12(22-2)8-6-11/h11-12,19H,3-10H2,1-2H3. The summed E-state index contributed by atoms with van der Waals surface area (Å²) in [6.45, 7) is 2.09. The molecule has 130 valence electrons. The zero-order chi connectivity index (χ0) is 16.8. The zero-order valence-electron chi connectivity index (χ0n) is 13.7. The molecule has 1 saturated carbocycles. The van der Waals surface area contributed by atoms with Gasteiger partial charge < -0.3 is 14.6 Å². The fourth-order valence-corrected chi connectivity index (χ4v) is 3.11. The highest BCUT2D eigenvalue weighted by atomic mass is 16.6. The van der Waals surface area contributed by atoms with Crippen molar-refractivity contribution in [1.29, 1.82) is 0 Å². The molecule has 0 spiro atoms. The summed E-state index contributed by atoms with van der Waals surface area (Å²) >= 11 is 0. The molecule has 0 amide bonds. The van der Waals surface area contributed by atoms with Crippen molar-refractivity contribution < 1.29 is 19.5 Å². The minimum Gasteiger partial charge on any atom is -0.472 e. The third kappa shape index (κ3) is 4.00. The average Bonchev–Trinajstić information content (AvgIpc) is 2.94. The molecule has 8 nitrogen and oxygen atoms in total. The van der Waals surface area contributed by atoms with E-state index in [0.717, 1.165) is 25.7 Å². The van der Waals surface area contributed by atoms with Gasteiger partial charge in [0.1, 0.15) is 5.69 Å². The van der Waals surface area contributed by atoms with Gasteiger partial charge in [-0.2, -0.15) is 0 Å². The highest BCUT2D eigenvalue weighted by molar-refractivity contribution is 5.46. The molecule has 0 aromatic carbocycles. The van der Waals surface area contributed by atoms with Crippen LogP contribution in [0, 0.1) is 10.1 Å². The minimum absolute atomic E-state index is 0.0177. The third-order valence-corrected chi connectivity index (χ3v) is 4.33. The van der Waals surface area contributed by atoms with Gasteiger partial charge in [0.2, 0.25) is 0 Å². The molecule has 0 aliphatic heterocycles. The molecular weight excluding hydrogens is 302 g/mol. The van der Waals surface area contributed by atoms with Crippen molar-refractivity contribution in [3.8, 4) is 5.88 Å². The predicted octanol–water partition coefficient (Wildman–Crippen LogP) is 2.25. The Kier molecular flexibility index (Phi) is 6.35. The molecule has 1 aliphatic rings. The topological polar surface area (TPSA) is 99.7 Å². The molecule has 2 rings (SSSR count). The van der Waals surface area contributed by atoms with Crippen LogP contribution in [-0.2, 0) is 11.2 Å². The van der Waals surface area contributed by atoms with E-state index in [1.807, 2.05) is 6.92 Å². The van der Waals surface area contributed by atoms with Crippen LogP contribution in [-0.4, -0.2) is 46.2 Å². The molecule has 1 aliphatic carbocycles. The molecule has 0 unspecified atom stereocenters. The molecular formula is C15H25N3O5. The smallest absolute Gasteiger partial charge is 0.353 e. The number of aliphatic hydroxyl groups excluding tert-OH is 1. The number of aromatic nitrogens is 2. The summed E-state index contributed by atoms with van der Waals surface area (Å²) in [6, 6.07) is 0.144. The number of nitro groups is 1. The van der Waals surface area contributed by atoms with Crippen molar-refractivity contribution in [2.45, 2.75) is 57.6 Å². The van der Waals surface area contributed by atoms with Gasteiger partial charge >= 0.3 is 11.6 Å². The molecule has 0 bridgehead atoms. The van der Waals surface area contributed by atoms with Gasteiger partial charge in [-0.3, -0.25) is 14.8 Å². The van der Waals surface area contributed by atoms with Gasteiger partial charge in [0.05, 0.1) is 23.7 Å². The summed E-state index contributed by atoms with van der Waals surface area (Å²) < 4.78 is 12.6. The van der Waals surface area contributed by atoms with Crippen molar-refractivity contribution in [2.75, 3.05) is 20.3 Å². The maximum atomic E-state index is 11.4. The van der Waals surface area contributed by atoms with Crippen LogP contribution in [0.4, 0.5) is 5.69 Å². The lowest BCUT2D eigenvalue weighted by Crippen LogP contribution is -2.24. The molecule has 1 aromatic rings. The Balaban J connectivity index is 2.24. The summed E-state index contributed by atoms with van der Waals surface area (Å²) in [7, 11) is 1.72. The van der Waals surface area contributed by atoms with E-state index in [1.54, 1.807) is 11.8 Å². The first kappa shape index (κ1) is 17.7. The number of aliphatic hydroxyl groups is 1. The summed E-state index contributed by atoms with van der Waals surface area (Å²) in [6.07, 6.45) is 4.85. The van der Waals surface area contributed by atoms with Gasteiger partial charge in [-0.05, 0) is 32.1 Å². The fraction of sp³-hybridized carbons (Fsp3) is 0.800. The number of methoxy groups -OCH3 is 1. The third-order valence-electron chi connectivity index (χ3n) is 4.33. The molecule has 0 radical (unpaired) electrons. The fourth-order valence-electron chi connectivity index (χ4n) is 3.11. The van der Waals surface area contributed by atoms with Crippen molar-refractivity contribution in [3.63, 3.8) is 0 Å². The van der Waals surface area contributed by atoms with Crippen LogP contribution in [0.5, 0.6) is 5.88 Å². The SMILES string of the molecule is CCc1c([N+](=O)[O-])c(OCCCO)nn1C1CCC(OC)CC1. The lowest BCUT2D eigenvalue weighted by atomic mass is 9.93. The second kappa shape index (κ2) is 8.26. The summed E-state index contributed by atoms with van der Waals surface area (Å²) in [5.41, 5.74) is 0.564. The maximum Gasteiger partial charge on any atom is 0.353 e. The highest BCUT2D eigenvalue weighted by Gasteiger charge is 2.32. The van der Waals surface area contributed by atoms with Gasteiger partial charge in [0.15, 0.2) is 0 Å². The number of nitrogens with zero attached hydrogens (tertiary/aromatic N) is 3. The van der Waals surface area contributed by atoms with Gasteiger partial charge in [0.25, 0.3) is 0 Å². The first-order valence-corrected chi connectivity index (χ1v) is 8.14. The van der Waals surface area contributed by atoms with E-state index >= 15 is 0 Å². The van der Waals surface area contributed by atoms with Crippen LogP contribution in [0.15, 0.2) is 0 Å². The lowest BCUT2D eigenvalue weighted by molar-refractivity contribution is -0.386. The molecule has 1 N–H and O–H groups in total. The molecule has 0 atom stereocenters. The van der Waals surface area contributed by atoms with Crippen molar-refractivity contribution in [3.05, 3.63) is 15.8 Å². The van der Waals surface area contributed by atoms with E-state index in [9.17, 15) is 10.1 Å². The molecule has 1 fully saturated rings. The van der Waals surface area contributed by atoms with Gasteiger partial charge in [-0.15, -0.1) is 5.10 Å². The average molecular weight is 327 g/mol. The quantitative estimate of drug-likeness (QED) is 0.446. The Labute approximate surface area is 135 Å². The number of hydrogen-bond donors (Lipinski definition) is 1. The van der Waals surface area contributed by atoms with E-state index in [-0.39, 0.29) is 36.9 Å². The lowest BCUT2D eigenvalue weighted by Gasteiger charge is -2.28.